The van der Waals surface area contributed by atoms with Crippen LogP contribution in [0.3, 0.4) is 0 Å². The molecule has 30 heavy (non-hydrogen) atoms. The molecule has 1 aromatic carbocycles. The van der Waals surface area contributed by atoms with E-state index >= 15 is 0 Å². The van der Waals surface area contributed by atoms with Crippen molar-refractivity contribution < 1.29 is 18.7 Å². The van der Waals surface area contributed by atoms with E-state index in [9.17, 15) is 14.4 Å². The first kappa shape index (κ1) is 21.5. The monoisotopic (exact) mass is 425 g/mol. The van der Waals surface area contributed by atoms with Gasteiger partial charge in [-0.15, -0.1) is 11.3 Å². The molecule has 0 unspecified atom stereocenters. The summed E-state index contributed by atoms with van der Waals surface area (Å²) >= 11 is 1.20. The Labute approximate surface area is 177 Å². The van der Waals surface area contributed by atoms with Gasteiger partial charge < -0.3 is 14.1 Å². The Bertz CT molecular complexity index is 1240. The zero-order valence-electron chi connectivity index (χ0n) is 17.3. The number of esters is 1. The molecule has 0 atom stereocenters. The van der Waals surface area contributed by atoms with E-state index in [0.717, 1.165) is 5.56 Å². The lowest BCUT2D eigenvalue weighted by molar-refractivity contribution is -0.119. The number of nitrogens with one attached hydrogen (secondary N) is 1. The molecule has 0 saturated heterocycles. The van der Waals surface area contributed by atoms with Crippen LogP contribution in [0.4, 0.5) is 0 Å². The molecule has 2 heterocycles. The number of H-pyrrole nitrogens is 1. The fourth-order valence-corrected chi connectivity index (χ4v) is 3.43. The third-order valence-corrected chi connectivity index (χ3v) is 5.23. The number of hydrogen-bond donors (Lipinski definition) is 1. The van der Waals surface area contributed by atoms with E-state index in [0.29, 0.717) is 32.9 Å². The number of benzene rings is 1. The number of hydrogen-bond acceptors (Lipinski definition) is 6. The second kappa shape index (κ2) is 8.67. The number of furan rings is 1. The van der Waals surface area contributed by atoms with E-state index in [1.165, 1.54) is 17.4 Å². The van der Waals surface area contributed by atoms with Gasteiger partial charge in [0.05, 0.1) is 21.4 Å². The maximum absolute atomic E-state index is 12.2. The molecule has 0 aliphatic heterocycles. The van der Waals surface area contributed by atoms with Crippen molar-refractivity contribution in [3.8, 4) is 11.3 Å². The molecule has 0 bridgehead atoms. The molecule has 0 radical (unpaired) electrons. The molecule has 3 rings (SSSR count). The maximum Gasteiger partial charge on any atom is 0.338 e. The highest BCUT2D eigenvalue weighted by Crippen LogP contribution is 2.23. The highest BCUT2D eigenvalue weighted by atomic mass is 32.1. The second-order valence-electron chi connectivity index (χ2n) is 7.69. The van der Waals surface area contributed by atoms with E-state index in [4.69, 9.17) is 9.15 Å². The lowest BCUT2D eigenvalue weighted by atomic mass is 9.91. The van der Waals surface area contributed by atoms with E-state index in [1.54, 1.807) is 49.4 Å². The zero-order chi connectivity index (χ0) is 21.9. The van der Waals surface area contributed by atoms with E-state index < -0.39 is 5.41 Å². The summed E-state index contributed by atoms with van der Waals surface area (Å²) in [6.07, 6.45) is 3.10. The molecule has 0 aliphatic rings. The molecule has 1 N–H and O–H groups in total. The summed E-state index contributed by atoms with van der Waals surface area (Å²) in [5, 5.41) is 0. The second-order valence-corrected chi connectivity index (χ2v) is 8.77. The number of thiazole rings is 1. The number of ketones is 1. The third-order valence-electron chi connectivity index (χ3n) is 4.26. The van der Waals surface area contributed by atoms with Gasteiger partial charge in [0.15, 0.2) is 5.78 Å². The molecule has 0 saturated carbocycles. The lowest BCUT2D eigenvalue weighted by Gasteiger charge is -2.12. The molecular weight excluding hydrogens is 402 g/mol. The summed E-state index contributed by atoms with van der Waals surface area (Å²) in [6.45, 7) is 7.57. The lowest BCUT2D eigenvalue weighted by Crippen LogP contribution is -2.22. The van der Waals surface area contributed by atoms with Gasteiger partial charge in [0.2, 0.25) is 0 Å². The normalized spacial score (nSPS) is 12.9. The number of rotatable bonds is 5. The first-order valence-electron chi connectivity index (χ1n) is 9.52. The van der Waals surface area contributed by atoms with Crippen molar-refractivity contribution in [1.82, 2.24) is 4.98 Å². The van der Waals surface area contributed by atoms with Crippen molar-refractivity contribution in [3.63, 3.8) is 0 Å². The van der Waals surface area contributed by atoms with Crippen LogP contribution >= 0.6 is 11.3 Å². The Kier molecular flexibility index (Phi) is 6.22. The van der Waals surface area contributed by atoms with Crippen molar-refractivity contribution in [2.24, 2.45) is 5.41 Å². The van der Waals surface area contributed by atoms with Gasteiger partial charge in [-0.2, -0.15) is 0 Å². The van der Waals surface area contributed by atoms with Crippen LogP contribution in [0.1, 0.15) is 43.8 Å². The third kappa shape index (κ3) is 5.04. The van der Waals surface area contributed by atoms with Gasteiger partial charge in [-0.25, -0.2) is 4.79 Å². The van der Waals surface area contributed by atoms with Crippen molar-refractivity contribution in [3.05, 3.63) is 67.3 Å². The summed E-state index contributed by atoms with van der Waals surface area (Å²) in [4.78, 5) is 38.8. The summed E-state index contributed by atoms with van der Waals surface area (Å²) in [5.74, 6) is 0.699. The zero-order valence-corrected chi connectivity index (χ0v) is 18.1. The number of ether oxygens (including phenoxy) is 1. The molecule has 3 aromatic rings. The Morgan fingerprint density at radius 2 is 1.83 bits per heavy atom. The molecule has 7 heteroatoms. The molecule has 0 aliphatic carbocycles. The minimum atomic E-state index is -0.510. The molecule has 2 aromatic heterocycles. The van der Waals surface area contributed by atoms with Gasteiger partial charge in [-0.05, 0) is 31.2 Å². The highest BCUT2D eigenvalue weighted by molar-refractivity contribution is 7.07. The number of carbonyl (C=O) groups is 2. The molecule has 0 fully saturated rings. The van der Waals surface area contributed by atoms with E-state index in [2.05, 4.69) is 4.98 Å². The predicted molar refractivity (Wildman–Crippen MR) is 117 cm³/mol. The van der Waals surface area contributed by atoms with Gasteiger partial charge in [-0.1, -0.05) is 32.9 Å². The first-order valence-corrected chi connectivity index (χ1v) is 10.3. The number of aromatic amines is 1. The number of Topliss-reactive ketones (excluding diaryl/α,β-unsaturated/α-hetero) is 1. The SMILES string of the molecule is CCOC(=O)c1ccc(-c2ccc(/C=c3\s/c(=C/C(=O)C(C)(C)C)[nH]c3=O)o2)cc1. The van der Waals surface area contributed by atoms with Crippen molar-refractivity contribution in [1.29, 1.82) is 0 Å². The van der Waals surface area contributed by atoms with Crippen LogP contribution in [-0.2, 0) is 9.53 Å². The quantitative estimate of drug-likeness (QED) is 0.635. The molecule has 156 valence electrons. The fraction of sp³-hybridized carbons (Fsp3) is 0.261. The largest absolute Gasteiger partial charge is 0.462 e. The van der Waals surface area contributed by atoms with Crippen LogP contribution in [-0.4, -0.2) is 23.3 Å². The van der Waals surface area contributed by atoms with Gasteiger partial charge in [0, 0.05) is 23.1 Å². The minimum Gasteiger partial charge on any atom is -0.462 e. The van der Waals surface area contributed by atoms with Crippen molar-refractivity contribution in [2.75, 3.05) is 6.61 Å². The van der Waals surface area contributed by atoms with Crippen LogP contribution in [0.15, 0.2) is 45.6 Å². The molecule has 0 amide bonds. The van der Waals surface area contributed by atoms with Crippen molar-refractivity contribution >= 4 is 35.2 Å². The fourth-order valence-electron chi connectivity index (χ4n) is 2.56. The van der Waals surface area contributed by atoms with Crippen LogP contribution in [0.5, 0.6) is 0 Å². The average Bonchev–Trinajstić information content (AvgIpc) is 3.28. The van der Waals surface area contributed by atoms with Crippen LogP contribution in [0, 0.1) is 5.41 Å². The average molecular weight is 426 g/mol. The molecular formula is C23H23NO5S. The van der Waals surface area contributed by atoms with Gasteiger partial charge in [-0.3, -0.25) is 9.59 Å². The van der Waals surface area contributed by atoms with E-state index in [1.807, 2.05) is 20.8 Å². The Morgan fingerprint density at radius 3 is 2.47 bits per heavy atom. The van der Waals surface area contributed by atoms with Crippen molar-refractivity contribution in [2.45, 2.75) is 27.7 Å². The van der Waals surface area contributed by atoms with Crippen LogP contribution in [0.25, 0.3) is 23.5 Å². The standard InChI is InChI=1S/C23H23NO5S/c1-5-28-22(27)15-8-6-14(7-9-15)17-11-10-16(29-17)12-18-21(26)24-20(30-18)13-19(25)23(2,3)4/h6-13H,5H2,1-4H3,(H,24,26)/b18-12-,20-13+. The summed E-state index contributed by atoms with van der Waals surface area (Å²) < 4.78 is 11.8. The summed E-state index contributed by atoms with van der Waals surface area (Å²) in [5.41, 5.74) is 0.485. The Morgan fingerprint density at radius 1 is 1.13 bits per heavy atom. The smallest absolute Gasteiger partial charge is 0.338 e. The van der Waals surface area contributed by atoms with E-state index in [-0.39, 0.29) is 17.3 Å². The number of aromatic nitrogens is 1. The van der Waals surface area contributed by atoms with Gasteiger partial charge in [0.1, 0.15) is 11.5 Å². The Balaban J connectivity index is 1.86. The van der Waals surface area contributed by atoms with Gasteiger partial charge >= 0.3 is 5.97 Å². The topological polar surface area (TPSA) is 89.4 Å². The maximum atomic E-state index is 12.2. The first-order chi connectivity index (χ1) is 14.2. The minimum absolute atomic E-state index is 0.0573. The Hall–Kier alpha value is -3.19. The summed E-state index contributed by atoms with van der Waals surface area (Å²) in [6, 6.07) is 10.5. The van der Waals surface area contributed by atoms with Gasteiger partial charge in [0.25, 0.3) is 5.56 Å². The van der Waals surface area contributed by atoms with Crippen LogP contribution in [0.2, 0.25) is 0 Å². The highest BCUT2D eigenvalue weighted by Gasteiger charge is 2.18. The summed E-state index contributed by atoms with van der Waals surface area (Å²) in [7, 11) is 0. The predicted octanol–water partition coefficient (Wildman–Crippen LogP) is 3.10. The van der Waals surface area contributed by atoms with Crippen LogP contribution < -0.4 is 14.8 Å². The molecule has 0 spiro atoms. The number of carbonyl (C=O) groups excluding carboxylic acids is 2. The molecule has 6 nitrogen and oxygen atoms in total.